The van der Waals surface area contributed by atoms with Gasteiger partial charge in [-0.25, -0.2) is 4.79 Å². The summed E-state index contributed by atoms with van der Waals surface area (Å²) >= 11 is 0. The molecule has 0 aromatic rings. The van der Waals surface area contributed by atoms with Crippen molar-refractivity contribution < 1.29 is 19.1 Å². The molecule has 0 aromatic carbocycles. The van der Waals surface area contributed by atoms with Crippen LogP contribution in [0.5, 0.6) is 0 Å². The summed E-state index contributed by atoms with van der Waals surface area (Å²) in [5, 5.41) is 4.60. The number of methoxy groups -OCH3 is 1. The van der Waals surface area contributed by atoms with Gasteiger partial charge in [0.15, 0.2) is 6.20 Å². The highest BCUT2D eigenvalue weighted by Gasteiger charge is 2.44. The molecule has 5 heteroatoms. The molecule has 0 spiro atoms. The Kier molecular flexibility index (Phi) is 2.46. The second kappa shape index (κ2) is 3.90. The summed E-state index contributed by atoms with van der Waals surface area (Å²) in [7, 11) is 2.98. The first-order chi connectivity index (χ1) is 8.68. The molecule has 0 aromatic heterocycles. The highest BCUT2D eigenvalue weighted by atomic mass is 16.7. The van der Waals surface area contributed by atoms with Crippen LogP contribution in [0.15, 0.2) is 40.8 Å². The van der Waals surface area contributed by atoms with Gasteiger partial charge < -0.3 is 4.74 Å². The van der Waals surface area contributed by atoms with Crippen molar-refractivity contribution in [2.75, 3.05) is 14.2 Å². The van der Waals surface area contributed by atoms with E-state index in [1.807, 2.05) is 6.08 Å². The Morgan fingerprint density at radius 3 is 2.78 bits per heavy atom. The smallest absolute Gasteiger partial charge is 0.338 e. The summed E-state index contributed by atoms with van der Waals surface area (Å²) in [6.07, 6.45) is 9.59. The lowest BCUT2D eigenvalue weighted by Gasteiger charge is -2.23. The molecule has 3 aliphatic rings. The normalized spacial score (nSPS) is 29.3. The number of esters is 1. The van der Waals surface area contributed by atoms with Gasteiger partial charge >= 0.3 is 5.97 Å². The molecule has 18 heavy (non-hydrogen) atoms. The quantitative estimate of drug-likeness (QED) is 0.563. The van der Waals surface area contributed by atoms with Crippen molar-refractivity contribution in [1.29, 1.82) is 0 Å². The van der Waals surface area contributed by atoms with Gasteiger partial charge in [-0.2, -0.15) is 4.84 Å². The third kappa shape index (κ3) is 1.63. The number of quaternary nitrogens is 1. The maximum Gasteiger partial charge on any atom is 0.338 e. The van der Waals surface area contributed by atoms with Gasteiger partial charge in [0.1, 0.15) is 5.71 Å². The van der Waals surface area contributed by atoms with Crippen molar-refractivity contribution in [3.8, 4) is 0 Å². The monoisotopic (exact) mass is 247 g/mol. The van der Waals surface area contributed by atoms with Crippen molar-refractivity contribution in [2.24, 2.45) is 11.0 Å². The van der Waals surface area contributed by atoms with E-state index in [1.165, 1.54) is 20.0 Å². The Morgan fingerprint density at radius 1 is 1.39 bits per heavy atom. The lowest BCUT2D eigenvalue weighted by Crippen LogP contribution is -2.34. The summed E-state index contributed by atoms with van der Waals surface area (Å²) in [6, 6.07) is 0. The maximum atomic E-state index is 11.5. The molecular formula is C13H15N2O3+. The lowest BCUT2D eigenvalue weighted by molar-refractivity contribution is -1.03. The van der Waals surface area contributed by atoms with Crippen LogP contribution in [0.4, 0.5) is 0 Å². The predicted molar refractivity (Wildman–Crippen MR) is 64.8 cm³/mol. The molecule has 1 saturated carbocycles. The van der Waals surface area contributed by atoms with E-state index in [-0.39, 0.29) is 10.7 Å². The second-order valence-corrected chi connectivity index (χ2v) is 4.58. The first-order valence-electron chi connectivity index (χ1n) is 5.94. The Bertz CT molecular complexity index is 526. The van der Waals surface area contributed by atoms with Crippen molar-refractivity contribution >= 4 is 11.7 Å². The first-order valence-corrected chi connectivity index (χ1v) is 5.94. The standard InChI is InChI=1S/C13H15N2O3/c1-17-13(16)10-5-6-15(18-2)11(7-10)8-12(14-15)9-3-4-9/h5-9H,3-4H2,1-2H3/q+1. The predicted octanol–water partition coefficient (Wildman–Crippen LogP) is 1.65. The van der Waals surface area contributed by atoms with Crippen LogP contribution in [0.3, 0.4) is 0 Å². The fraction of sp³-hybridized carbons (Fsp3) is 0.385. The first kappa shape index (κ1) is 11.4. The summed E-state index contributed by atoms with van der Waals surface area (Å²) in [6.45, 7) is 0. The maximum absolute atomic E-state index is 11.5. The molecule has 5 nitrogen and oxygen atoms in total. The SMILES string of the molecule is COC(=O)C1=CC2=CC(C3CC3)=N[N+]2(OC)C=C1. The van der Waals surface area contributed by atoms with Crippen LogP contribution in [-0.2, 0) is 14.4 Å². The van der Waals surface area contributed by atoms with Gasteiger partial charge in [0, 0.05) is 24.1 Å². The van der Waals surface area contributed by atoms with Gasteiger partial charge in [0.05, 0.1) is 19.8 Å². The minimum atomic E-state index is -0.346. The number of ether oxygens (including phenoxy) is 1. The minimum absolute atomic E-state index is 0.00761. The summed E-state index contributed by atoms with van der Waals surface area (Å²) in [5.74, 6) is 0.206. The Balaban J connectivity index is 1.97. The number of hydrogen-bond donors (Lipinski definition) is 0. The molecule has 2 aliphatic heterocycles. The number of hydroxylamine groups is 2. The van der Waals surface area contributed by atoms with E-state index in [2.05, 4.69) is 5.10 Å². The molecule has 1 atom stereocenters. The van der Waals surface area contributed by atoms with Gasteiger partial charge in [-0.05, 0) is 22.7 Å². The number of allylic oxidation sites excluding steroid dienone is 2. The van der Waals surface area contributed by atoms with Crippen LogP contribution in [0.1, 0.15) is 12.8 Å². The van der Waals surface area contributed by atoms with E-state index in [0.29, 0.717) is 11.5 Å². The van der Waals surface area contributed by atoms with E-state index in [9.17, 15) is 4.79 Å². The molecule has 0 N–H and O–H groups in total. The molecule has 1 unspecified atom stereocenters. The van der Waals surface area contributed by atoms with Crippen LogP contribution in [0.25, 0.3) is 0 Å². The highest BCUT2D eigenvalue weighted by molar-refractivity contribution is 6.00. The molecule has 3 rings (SSSR count). The van der Waals surface area contributed by atoms with Crippen LogP contribution in [-0.4, -0.2) is 30.7 Å². The minimum Gasteiger partial charge on any atom is -0.465 e. The Morgan fingerprint density at radius 2 is 2.17 bits per heavy atom. The van der Waals surface area contributed by atoms with Gasteiger partial charge in [-0.3, -0.25) is 0 Å². The van der Waals surface area contributed by atoms with E-state index >= 15 is 0 Å². The molecule has 1 aliphatic carbocycles. The molecular weight excluding hydrogens is 232 g/mol. The molecule has 0 amide bonds. The van der Waals surface area contributed by atoms with Crippen molar-refractivity contribution in [3.63, 3.8) is 0 Å². The average Bonchev–Trinajstić information content (AvgIpc) is 3.18. The zero-order valence-electron chi connectivity index (χ0n) is 10.4. The summed E-state index contributed by atoms with van der Waals surface area (Å²) in [4.78, 5) is 17.0. The average molecular weight is 247 g/mol. The summed E-state index contributed by atoms with van der Waals surface area (Å²) in [5.41, 5.74) is 2.42. The Labute approximate surface area is 105 Å². The Hall–Kier alpha value is -1.72. The second-order valence-electron chi connectivity index (χ2n) is 4.58. The zero-order valence-corrected chi connectivity index (χ0v) is 10.4. The number of hydrogen-bond acceptors (Lipinski definition) is 4. The largest absolute Gasteiger partial charge is 0.465 e. The number of carbonyl (C=O) groups excluding carboxylic acids is 1. The van der Waals surface area contributed by atoms with Gasteiger partial charge in [0.2, 0.25) is 5.70 Å². The third-order valence-electron chi connectivity index (χ3n) is 3.38. The molecule has 0 saturated heterocycles. The van der Waals surface area contributed by atoms with Gasteiger partial charge in [0.25, 0.3) is 0 Å². The van der Waals surface area contributed by atoms with E-state index in [1.54, 1.807) is 25.5 Å². The number of fused-ring (bicyclic) bond motifs is 1. The number of rotatable bonds is 3. The fourth-order valence-corrected chi connectivity index (χ4v) is 2.17. The zero-order chi connectivity index (χ0) is 12.8. The molecule has 94 valence electrons. The van der Waals surface area contributed by atoms with Gasteiger partial charge in [-0.1, -0.05) is 0 Å². The molecule has 0 bridgehead atoms. The third-order valence-corrected chi connectivity index (χ3v) is 3.38. The molecule has 1 fully saturated rings. The number of carbonyl (C=O) groups is 1. The lowest BCUT2D eigenvalue weighted by atomic mass is 10.1. The highest BCUT2D eigenvalue weighted by Crippen LogP contribution is 2.39. The van der Waals surface area contributed by atoms with Crippen LogP contribution < -0.4 is 0 Å². The number of nitrogens with zero attached hydrogens (tertiary/aromatic N) is 2. The molecule has 2 heterocycles. The van der Waals surface area contributed by atoms with Crippen LogP contribution >= 0.6 is 0 Å². The van der Waals surface area contributed by atoms with E-state index < -0.39 is 0 Å². The van der Waals surface area contributed by atoms with E-state index in [4.69, 9.17) is 9.57 Å². The molecule has 0 radical (unpaired) electrons. The topological polar surface area (TPSA) is 47.9 Å². The van der Waals surface area contributed by atoms with Crippen molar-refractivity contribution in [2.45, 2.75) is 12.8 Å². The van der Waals surface area contributed by atoms with Gasteiger partial charge in [-0.15, -0.1) is 0 Å². The summed E-state index contributed by atoms with van der Waals surface area (Å²) < 4.78 is 4.71. The van der Waals surface area contributed by atoms with Crippen molar-refractivity contribution in [3.05, 3.63) is 35.7 Å². The fourth-order valence-electron chi connectivity index (χ4n) is 2.17. The van der Waals surface area contributed by atoms with Crippen LogP contribution in [0, 0.1) is 5.92 Å². The van der Waals surface area contributed by atoms with Crippen molar-refractivity contribution in [1.82, 2.24) is 0 Å². The van der Waals surface area contributed by atoms with Crippen LogP contribution in [0.2, 0.25) is 0 Å². The van der Waals surface area contributed by atoms with E-state index in [0.717, 1.165) is 11.4 Å².